The monoisotopic (exact) mass is 384 g/mol. The Hall–Kier alpha value is -1.64. The number of nitrogens with zero attached hydrogens (tertiary/aromatic N) is 1. The molecule has 8 heteroatoms. The molecule has 0 bridgehead atoms. The van der Waals surface area contributed by atoms with Crippen LogP contribution in [-0.4, -0.2) is 18.5 Å². The van der Waals surface area contributed by atoms with Crippen molar-refractivity contribution < 1.29 is 13.5 Å². The van der Waals surface area contributed by atoms with E-state index in [1.165, 1.54) is 18.2 Å². The van der Waals surface area contributed by atoms with Crippen molar-refractivity contribution in [2.45, 2.75) is 4.21 Å². The molecule has 0 spiro atoms. The molecule has 2 N–H and O–H groups in total. The van der Waals surface area contributed by atoms with Crippen molar-refractivity contribution in [1.29, 1.82) is 0 Å². The van der Waals surface area contributed by atoms with E-state index >= 15 is 0 Å². The molecule has 0 radical (unpaired) electrons. The summed E-state index contributed by atoms with van der Waals surface area (Å²) in [6, 6.07) is 9.52. The normalized spacial score (nSPS) is 11.7. The van der Waals surface area contributed by atoms with Gasteiger partial charge in [-0.25, -0.2) is 8.42 Å². The third-order valence-corrected chi connectivity index (χ3v) is 6.23. The van der Waals surface area contributed by atoms with Crippen LogP contribution in [-0.2, 0) is 10.0 Å². The van der Waals surface area contributed by atoms with Gasteiger partial charge in [-0.15, -0.1) is 11.3 Å². The summed E-state index contributed by atoms with van der Waals surface area (Å²) in [5, 5.41) is 10.4. The van der Waals surface area contributed by atoms with Crippen LogP contribution in [0.15, 0.2) is 50.6 Å². The Morgan fingerprint density at radius 2 is 2.05 bits per heavy atom. The van der Waals surface area contributed by atoms with Gasteiger partial charge in [0.05, 0.1) is 15.0 Å². The van der Waals surface area contributed by atoms with Gasteiger partial charge in [0.1, 0.15) is 9.96 Å². The lowest BCUT2D eigenvalue weighted by molar-refractivity contribution is 0.476. The lowest BCUT2D eigenvalue weighted by Gasteiger charge is -2.09. The van der Waals surface area contributed by atoms with Crippen molar-refractivity contribution in [3.8, 4) is 5.75 Å². The fraction of sp³-hybridized carbons (Fsp3) is 0. The third-order valence-electron chi connectivity index (χ3n) is 2.75. The summed E-state index contributed by atoms with van der Waals surface area (Å²) < 4.78 is 28.1. The number of aromatic hydroxyl groups is 1. The number of benzene rings is 1. The van der Waals surface area contributed by atoms with Crippen LogP contribution in [0.4, 0.5) is 5.69 Å². The van der Waals surface area contributed by atoms with E-state index in [9.17, 15) is 13.5 Å². The van der Waals surface area contributed by atoms with E-state index < -0.39 is 10.0 Å². The first-order valence-corrected chi connectivity index (χ1v) is 8.91. The highest BCUT2D eigenvalue weighted by atomic mass is 79.9. The van der Waals surface area contributed by atoms with Gasteiger partial charge in [0.25, 0.3) is 10.0 Å². The minimum Gasteiger partial charge on any atom is -0.508 e. The molecule has 0 fully saturated rings. The Balaban J connectivity index is 2.09. The Morgan fingerprint density at radius 3 is 2.76 bits per heavy atom. The maximum absolute atomic E-state index is 12.3. The predicted octanol–water partition coefficient (Wildman–Crippen LogP) is 3.57. The first-order valence-electron chi connectivity index (χ1n) is 5.81. The predicted molar refractivity (Wildman–Crippen MR) is 86.2 cm³/mol. The molecule has 3 aromatic rings. The average Bonchev–Trinajstić information content (AvgIpc) is 2.86. The van der Waals surface area contributed by atoms with Gasteiger partial charge in [-0.2, -0.15) is 0 Å². The van der Waals surface area contributed by atoms with E-state index in [0.29, 0.717) is 10.9 Å². The topological polar surface area (TPSA) is 79.3 Å². The molecule has 108 valence electrons. The quantitative estimate of drug-likeness (QED) is 0.723. The molecule has 0 amide bonds. The maximum atomic E-state index is 12.3. The van der Waals surface area contributed by atoms with Gasteiger partial charge < -0.3 is 5.11 Å². The van der Waals surface area contributed by atoms with E-state index in [2.05, 4.69) is 25.6 Å². The molecule has 0 saturated heterocycles. The van der Waals surface area contributed by atoms with Crippen LogP contribution in [0.25, 0.3) is 10.9 Å². The zero-order valence-corrected chi connectivity index (χ0v) is 13.7. The molecule has 0 aliphatic heterocycles. The van der Waals surface area contributed by atoms with E-state index in [1.54, 1.807) is 24.4 Å². The van der Waals surface area contributed by atoms with Crippen LogP contribution in [0.2, 0.25) is 0 Å². The standard InChI is InChI=1S/C13H9BrN2O3S2/c14-11-3-4-12(20-11)21(18,19)16-10-7-9(17)6-8-2-1-5-15-13(8)10/h1-7,16-17H. The largest absolute Gasteiger partial charge is 0.508 e. The molecule has 5 nitrogen and oxygen atoms in total. The number of fused-ring (bicyclic) bond motifs is 1. The Labute approximate surface area is 133 Å². The fourth-order valence-corrected chi connectivity index (χ4v) is 4.96. The highest BCUT2D eigenvalue weighted by Gasteiger charge is 2.18. The van der Waals surface area contributed by atoms with Crippen molar-refractivity contribution in [2.75, 3.05) is 4.72 Å². The highest BCUT2D eigenvalue weighted by Crippen LogP contribution is 2.31. The summed E-state index contributed by atoms with van der Waals surface area (Å²) in [7, 11) is -3.71. The molecule has 2 aromatic heterocycles. The van der Waals surface area contributed by atoms with Crippen LogP contribution in [0.1, 0.15) is 0 Å². The number of rotatable bonds is 3. The van der Waals surface area contributed by atoms with Gasteiger partial charge >= 0.3 is 0 Å². The summed E-state index contributed by atoms with van der Waals surface area (Å²) in [5.74, 6) is -0.0273. The van der Waals surface area contributed by atoms with E-state index in [4.69, 9.17) is 0 Å². The molecule has 0 aliphatic rings. The summed E-state index contributed by atoms with van der Waals surface area (Å²) >= 11 is 4.34. The second-order valence-corrected chi connectivity index (χ2v) is 8.60. The Bertz CT molecular complexity index is 922. The molecule has 3 rings (SSSR count). The molecule has 0 aliphatic carbocycles. The van der Waals surface area contributed by atoms with Gasteiger partial charge in [-0.3, -0.25) is 9.71 Å². The summed E-state index contributed by atoms with van der Waals surface area (Å²) in [5.41, 5.74) is 0.726. The number of anilines is 1. The number of hydrogen-bond donors (Lipinski definition) is 2. The number of pyridine rings is 1. The third kappa shape index (κ3) is 2.87. The van der Waals surface area contributed by atoms with Crippen LogP contribution in [0.5, 0.6) is 5.75 Å². The number of sulfonamides is 1. The van der Waals surface area contributed by atoms with E-state index in [1.807, 2.05) is 0 Å². The number of halogens is 1. The molecular formula is C13H9BrN2O3S2. The minimum atomic E-state index is -3.71. The van der Waals surface area contributed by atoms with Crippen LogP contribution < -0.4 is 4.72 Å². The van der Waals surface area contributed by atoms with Gasteiger partial charge in [0, 0.05) is 17.6 Å². The fourth-order valence-electron chi connectivity index (χ4n) is 1.89. The van der Waals surface area contributed by atoms with Crippen molar-refractivity contribution in [1.82, 2.24) is 4.98 Å². The molecule has 21 heavy (non-hydrogen) atoms. The minimum absolute atomic E-state index is 0.0273. The van der Waals surface area contributed by atoms with Crippen molar-refractivity contribution in [3.63, 3.8) is 0 Å². The number of hydrogen-bond acceptors (Lipinski definition) is 5. The van der Waals surface area contributed by atoms with E-state index in [-0.39, 0.29) is 15.6 Å². The lowest BCUT2D eigenvalue weighted by Crippen LogP contribution is -2.12. The number of phenols is 1. The maximum Gasteiger partial charge on any atom is 0.271 e. The molecular weight excluding hydrogens is 376 g/mol. The van der Waals surface area contributed by atoms with Gasteiger partial charge in [0.2, 0.25) is 0 Å². The summed E-state index contributed by atoms with van der Waals surface area (Å²) in [6.45, 7) is 0. The molecule has 1 aromatic carbocycles. The van der Waals surface area contributed by atoms with Gasteiger partial charge in [-0.1, -0.05) is 6.07 Å². The van der Waals surface area contributed by atoms with Gasteiger partial charge in [0.15, 0.2) is 0 Å². The molecule has 0 unspecified atom stereocenters. The highest BCUT2D eigenvalue weighted by molar-refractivity contribution is 9.11. The smallest absolute Gasteiger partial charge is 0.271 e. The van der Waals surface area contributed by atoms with Crippen molar-refractivity contribution in [2.24, 2.45) is 0 Å². The second-order valence-electron chi connectivity index (χ2n) is 4.23. The SMILES string of the molecule is O=S(=O)(Nc1cc(O)cc2cccnc12)c1ccc(Br)s1. The van der Waals surface area contributed by atoms with Crippen LogP contribution in [0, 0.1) is 0 Å². The number of nitrogens with one attached hydrogen (secondary N) is 1. The van der Waals surface area contributed by atoms with Crippen molar-refractivity contribution in [3.05, 3.63) is 46.4 Å². The summed E-state index contributed by atoms with van der Waals surface area (Å²) in [4.78, 5) is 4.16. The Morgan fingerprint density at radius 1 is 1.24 bits per heavy atom. The number of aromatic nitrogens is 1. The van der Waals surface area contributed by atoms with Gasteiger partial charge in [-0.05, 0) is 40.2 Å². The second kappa shape index (κ2) is 5.28. The first kappa shape index (κ1) is 14.3. The Kier molecular flexibility index (Phi) is 3.60. The van der Waals surface area contributed by atoms with Crippen LogP contribution in [0.3, 0.4) is 0 Å². The zero-order valence-electron chi connectivity index (χ0n) is 10.4. The number of phenolic OH excluding ortho intramolecular Hbond substituents is 1. The molecule has 0 atom stereocenters. The lowest BCUT2D eigenvalue weighted by atomic mass is 10.2. The number of thiophene rings is 1. The zero-order chi connectivity index (χ0) is 15.0. The van der Waals surface area contributed by atoms with Crippen LogP contribution >= 0.6 is 27.3 Å². The first-order chi connectivity index (χ1) is 9.95. The molecule has 0 saturated carbocycles. The molecule has 2 heterocycles. The summed E-state index contributed by atoms with van der Waals surface area (Å²) in [6.07, 6.45) is 1.57. The van der Waals surface area contributed by atoms with E-state index in [0.717, 1.165) is 15.1 Å². The van der Waals surface area contributed by atoms with Crippen molar-refractivity contribution >= 4 is 53.9 Å². The average molecular weight is 385 g/mol.